The van der Waals surface area contributed by atoms with Gasteiger partial charge < -0.3 is 21.9 Å². The molecular formula is C29H45BrN2. The Labute approximate surface area is 208 Å². The van der Waals surface area contributed by atoms with E-state index in [-0.39, 0.29) is 17.0 Å². The molecule has 0 atom stereocenters. The van der Waals surface area contributed by atoms with E-state index in [0.717, 1.165) is 19.6 Å². The molecule has 0 saturated heterocycles. The molecule has 1 heterocycles. The lowest BCUT2D eigenvalue weighted by Gasteiger charge is -2.20. The Kier molecular flexibility index (Phi) is 15.9. The van der Waals surface area contributed by atoms with Gasteiger partial charge in [0.1, 0.15) is 6.54 Å². The van der Waals surface area contributed by atoms with Crippen LogP contribution < -0.4 is 26.4 Å². The van der Waals surface area contributed by atoms with Crippen LogP contribution in [0.4, 0.5) is 5.69 Å². The number of rotatable bonds is 16. The fraction of sp³-hybridized carbons (Fsp3) is 0.552. The first-order chi connectivity index (χ1) is 15.3. The van der Waals surface area contributed by atoms with E-state index in [1.807, 2.05) is 0 Å². The number of aryl methyl sites for hydroxylation is 1. The van der Waals surface area contributed by atoms with Crippen molar-refractivity contribution in [1.29, 1.82) is 0 Å². The highest BCUT2D eigenvalue weighted by atomic mass is 79.9. The molecule has 2 aromatic rings. The van der Waals surface area contributed by atoms with Crippen LogP contribution in [0.25, 0.3) is 12.2 Å². The second-order valence-electron chi connectivity index (χ2n) is 8.60. The summed E-state index contributed by atoms with van der Waals surface area (Å²) in [5.74, 6) is 0. The number of nitrogens with zero attached hydrogens (tertiary/aromatic N) is 2. The number of hydrogen-bond acceptors (Lipinski definition) is 1. The number of halogens is 1. The van der Waals surface area contributed by atoms with Gasteiger partial charge in [0.25, 0.3) is 0 Å². The number of aromatic nitrogens is 1. The van der Waals surface area contributed by atoms with Crippen LogP contribution in [0.2, 0.25) is 0 Å². The molecule has 0 spiro atoms. The van der Waals surface area contributed by atoms with Crippen molar-refractivity contribution in [3.63, 3.8) is 0 Å². The molecule has 0 aliphatic rings. The van der Waals surface area contributed by atoms with Gasteiger partial charge in [-0.25, -0.2) is 0 Å². The van der Waals surface area contributed by atoms with E-state index in [1.165, 1.54) is 81.2 Å². The maximum absolute atomic E-state index is 2.39. The average Bonchev–Trinajstić information content (AvgIpc) is 2.81. The minimum Gasteiger partial charge on any atom is -1.00 e. The maximum atomic E-state index is 2.39. The predicted octanol–water partition coefficient (Wildman–Crippen LogP) is 4.92. The van der Waals surface area contributed by atoms with Crippen LogP contribution in [0.1, 0.15) is 96.2 Å². The standard InChI is InChI=1S/C29H45N2.BrH/c1-4-7-8-9-10-11-12-13-14-16-25-31-26-17-15-18-28(31)22-19-27-20-23-29(24-21-27)30(5-2)6-3;/h15,17-24,26H,4-14,16,25H2,1-3H3;1H/q+1;/p-1. The monoisotopic (exact) mass is 500 g/mol. The molecule has 1 aromatic heterocycles. The molecule has 0 fully saturated rings. The second-order valence-corrected chi connectivity index (χ2v) is 8.60. The quantitative estimate of drug-likeness (QED) is 0.234. The third-order valence-electron chi connectivity index (χ3n) is 6.20. The Morgan fingerprint density at radius 1 is 0.688 bits per heavy atom. The van der Waals surface area contributed by atoms with Gasteiger partial charge >= 0.3 is 0 Å². The zero-order valence-corrected chi connectivity index (χ0v) is 22.3. The first kappa shape index (κ1) is 28.4. The molecule has 0 radical (unpaired) electrons. The molecule has 0 aliphatic carbocycles. The summed E-state index contributed by atoms with van der Waals surface area (Å²) in [4.78, 5) is 2.38. The van der Waals surface area contributed by atoms with Gasteiger partial charge in [0, 0.05) is 43.4 Å². The molecule has 32 heavy (non-hydrogen) atoms. The first-order valence-corrected chi connectivity index (χ1v) is 12.8. The molecule has 0 bridgehead atoms. The van der Waals surface area contributed by atoms with Crippen LogP contribution in [0.3, 0.4) is 0 Å². The third-order valence-corrected chi connectivity index (χ3v) is 6.20. The molecule has 0 saturated carbocycles. The SMILES string of the molecule is CCCCCCCCCCCC[n+]1ccccc1C=Cc1ccc(N(CC)CC)cc1.[Br-]. The summed E-state index contributed by atoms with van der Waals surface area (Å²) in [5.41, 5.74) is 3.84. The topological polar surface area (TPSA) is 7.12 Å². The predicted molar refractivity (Wildman–Crippen MR) is 137 cm³/mol. The number of unbranched alkanes of at least 4 members (excludes halogenated alkanes) is 9. The van der Waals surface area contributed by atoms with Crippen LogP contribution in [0.5, 0.6) is 0 Å². The fourth-order valence-corrected chi connectivity index (χ4v) is 4.18. The molecule has 0 N–H and O–H groups in total. The fourth-order valence-electron chi connectivity index (χ4n) is 4.18. The first-order valence-electron chi connectivity index (χ1n) is 12.8. The van der Waals surface area contributed by atoms with Gasteiger partial charge in [0.2, 0.25) is 5.69 Å². The molecule has 0 aliphatic heterocycles. The number of pyridine rings is 1. The lowest BCUT2D eigenvalue weighted by molar-refractivity contribution is -0.699. The Morgan fingerprint density at radius 3 is 1.88 bits per heavy atom. The molecule has 1 aromatic carbocycles. The van der Waals surface area contributed by atoms with Gasteiger partial charge in [-0.05, 0) is 50.1 Å². The molecular weight excluding hydrogens is 456 g/mol. The van der Waals surface area contributed by atoms with Crippen molar-refractivity contribution in [3.8, 4) is 0 Å². The molecule has 2 nitrogen and oxygen atoms in total. The Hall–Kier alpha value is -1.61. The van der Waals surface area contributed by atoms with Crippen LogP contribution in [0, 0.1) is 0 Å². The Balaban J connectivity index is 0.00000512. The summed E-state index contributed by atoms with van der Waals surface area (Å²) in [5, 5.41) is 0. The van der Waals surface area contributed by atoms with Crippen LogP contribution in [0.15, 0.2) is 48.7 Å². The van der Waals surface area contributed by atoms with Crippen molar-refractivity contribution in [2.24, 2.45) is 0 Å². The van der Waals surface area contributed by atoms with Crippen molar-refractivity contribution < 1.29 is 21.5 Å². The molecule has 178 valence electrons. The number of hydrogen-bond donors (Lipinski definition) is 0. The minimum atomic E-state index is 0. The van der Waals surface area contributed by atoms with E-state index in [0.29, 0.717) is 0 Å². The third kappa shape index (κ3) is 10.8. The van der Waals surface area contributed by atoms with Crippen molar-refractivity contribution >= 4 is 17.8 Å². The normalized spacial score (nSPS) is 11.0. The smallest absolute Gasteiger partial charge is 0.205 e. The number of benzene rings is 1. The van der Waals surface area contributed by atoms with E-state index in [4.69, 9.17) is 0 Å². The lowest BCUT2D eigenvalue weighted by atomic mass is 10.1. The minimum absolute atomic E-state index is 0. The van der Waals surface area contributed by atoms with E-state index in [1.54, 1.807) is 0 Å². The number of anilines is 1. The second kappa shape index (κ2) is 17.9. The average molecular weight is 502 g/mol. The Morgan fingerprint density at radius 2 is 1.28 bits per heavy atom. The summed E-state index contributed by atoms with van der Waals surface area (Å²) in [6.45, 7) is 9.91. The van der Waals surface area contributed by atoms with Gasteiger partial charge in [-0.1, -0.05) is 70.4 Å². The summed E-state index contributed by atoms with van der Waals surface area (Å²) in [6, 6.07) is 15.4. The summed E-state index contributed by atoms with van der Waals surface area (Å²) in [7, 11) is 0. The summed E-state index contributed by atoms with van der Waals surface area (Å²) >= 11 is 0. The zero-order valence-electron chi connectivity index (χ0n) is 20.7. The summed E-state index contributed by atoms with van der Waals surface area (Å²) < 4.78 is 2.39. The highest BCUT2D eigenvalue weighted by molar-refractivity contribution is 5.68. The van der Waals surface area contributed by atoms with Gasteiger partial charge in [0.15, 0.2) is 6.20 Å². The van der Waals surface area contributed by atoms with Crippen molar-refractivity contribution in [1.82, 2.24) is 0 Å². The van der Waals surface area contributed by atoms with E-state index < -0.39 is 0 Å². The highest BCUT2D eigenvalue weighted by Gasteiger charge is 2.06. The molecule has 3 heteroatoms. The lowest BCUT2D eigenvalue weighted by Crippen LogP contribution is -3.00. The van der Waals surface area contributed by atoms with E-state index in [2.05, 4.69) is 91.1 Å². The van der Waals surface area contributed by atoms with E-state index >= 15 is 0 Å². The highest BCUT2D eigenvalue weighted by Crippen LogP contribution is 2.16. The van der Waals surface area contributed by atoms with Crippen LogP contribution in [-0.4, -0.2) is 13.1 Å². The molecule has 2 rings (SSSR count). The molecule has 0 unspecified atom stereocenters. The maximum Gasteiger partial charge on any atom is 0.205 e. The van der Waals surface area contributed by atoms with Crippen LogP contribution >= 0.6 is 0 Å². The van der Waals surface area contributed by atoms with Gasteiger partial charge in [0.05, 0.1) is 0 Å². The van der Waals surface area contributed by atoms with E-state index in [9.17, 15) is 0 Å². The van der Waals surface area contributed by atoms with Crippen molar-refractivity contribution in [3.05, 3.63) is 59.9 Å². The van der Waals surface area contributed by atoms with Gasteiger partial charge in [-0.3, -0.25) is 0 Å². The zero-order chi connectivity index (χ0) is 22.2. The van der Waals surface area contributed by atoms with Crippen molar-refractivity contribution in [2.75, 3.05) is 18.0 Å². The van der Waals surface area contributed by atoms with Gasteiger partial charge in [-0.15, -0.1) is 0 Å². The largest absolute Gasteiger partial charge is 1.00 e. The Bertz CT molecular complexity index is 735. The van der Waals surface area contributed by atoms with Gasteiger partial charge in [-0.2, -0.15) is 4.57 Å². The summed E-state index contributed by atoms with van der Waals surface area (Å²) in [6.07, 6.45) is 20.6. The van der Waals surface area contributed by atoms with Crippen molar-refractivity contribution in [2.45, 2.75) is 91.5 Å². The molecule has 0 amide bonds. The van der Waals surface area contributed by atoms with Crippen LogP contribution in [-0.2, 0) is 6.54 Å².